The maximum atomic E-state index is 10.8. The number of rotatable bonds is 3. The summed E-state index contributed by atoms with van der Waals surface area (Å²) in [4.78, 5) is 21.5. The highest BCUT2D eigenvalue weighted by Gasteiger charge is 2.08. The van der Waals surface area contributed by atoms with Gasteiger partial charge in [-0.25, -0.2) is 4.79 Å². The fourth-order valence-corrected chi connectivity index (χ4v) is 1.94. The molecule has 0 heterocycles. The van der Waals surface area contributed by atoms with Gasteiger partial charge < -0.3 is 5.11 Å². The molecule has 0 spiro atoms. The molecular formula is C10H9IO3. The van der Waals surface area contributed by atoms with Crippen molar-refractivity contribution in [2.24, 2.45) is 0 Å². The Labute approximate surface area is 95.3 Å². The van der Waals surface area contributed by atoms with E-state index in [4.69, 9.17) is 5.11 Å². The zero-order chi connectivity index (χ0) is 10.7. The summed E-state index contributed by atoms with van der Waals surface area (Å²) in [5.41, 5.74) is 1.13. The van der Waals surface area contributed by atoms with Gasteiger partial charge >= 0.3 is 5.97 Å². The second-order valence-corrected chi connectivity index (χ2v) is 4.16. The summed E-state index contributed by atoms with van der Waals surface area (Å²) in [6.45, 7) is 1.51. The van der Waals surface area contributed by atoms with Gasteiger partial charge in [0.25, 0.3) is 0 Å². The molecule has 4 heteroatoms. The number of carboxylic acids is 1. The van der Waals surface area contributed by atoms with E-state index in [2.05, 4.69) is 0 Å². The highest BCUT2D eigenvalue weighted by Crippen LogP contribution is 2.15. The molecule has 0 amide bonds. The van der Waals surface area contributed by atoms with Crippen molar-refractivity contribution in [2.45, 2.75) is 13.3 Å². The summed E-state index contributed by atoms with van der Waals surface area (Å²) >= 11 is 1.96. The second-order valence-electron chi connectivity index (χ2n) is 3.00. The maximum absolute atomic E-state index is 10.8. The number of aromatic carboxylic acids is 1. The van der Waals surface area contributed by atoms with Gasteiger partial charge in [-0.2, -0.15) is 0 Å². The van der Waals surface area contributed by atoms with E-state index in [-0.39, 0.29) is 11.3 Å². The fourth-order valence-electron chi connectivity index (χ4n) is 1.13. The molecule has 0 unspecified atom stereocenters. The lowest BCUT2D eigenvalue weighted by Gasteiger charge is -2.02. The number of carbonyl (C=O) groups excluding carboxylic acids is 1. The molecule has 1 N–H and O–H groups in total. The first-order chi connectivity index (χ1) is 6.50. The Morgan fingerprint density at radius 2 is 2.07 bits per heavy atom. The molecule has 0 aliphatic rings. The smallest absolute Gasteiger partial charge is 0.336 e. The molecule has 0 atom stereocenters. The number of ketones is 1. The van der Waals surface area contributed by atoms with E-state index in [1.165, 1.54) is 13.0 Å². The van der Waals surface area contributed by atoms with Gasteiger partial charge in [-0.15, -0.1) is 0 Å². The van der Waals surface area contributed by atoms with Crippen molar-refractivity contribution in [3.05, 3.63) is 32.9 Å². The van der Waals surface area contributed by atoms with Gasteiger partial charge in [0.2, 0.25) is 0 Å². The number of hydrogen-bond acceptors (Lipinski definition) is 2. The minimum atomic E-state index is -0.941. The number of carboxylic acid groups (broad SMARTS) is 1. The molecule has 0 saturated heterocycles. The Hall–Kier alpha value is -0.910. The van der Waals surface area contributed by atoms with Crippen LogP contribution in [-0.4, -0.2) is 16.9 Å². The Morgan fingerprint density at radius 1 is 1.43 bits per heavy atom. The van der Waals surface area contributed by atoms with E-state index >= 15 is 0 Å². The van der Waals surface area contributed by atoms with E-state index < -0.39 is 5.97 Å². The zero-order valence-corrected chi connectivity index (χ0v) is 9.74. The van der Waals surface area contributed by atoms with Gasteiger partial charge in [0.05, 0.1) is 5.56 Å². The molecule has 0 aliphatic carbocycles. The summed E-state index contributed by atoms with van der Waals surface area (Å²) < 4.78 is 0.661. The monoisotopic (exact) mass is 304 g/mol. The molecule has 3 nitrogen and oxygen atoms in total. The SMILES string of the molecule is CC(=O)Cc1ccc(C(=O)O)c(I)c1. The van der Waals surface area contributed by atoms with Crippen molar-refractivity contribution in [1.82, 2.24) is 0 Å². The van der Waals surface area contributed by atoms with E-state index in [1.807, 2.05) is 22.6 Å². The number of halogens is 1. The molecule has 74 valence electrons. The van der Waals surface area contributed by atoms with Crippen LogP contribution in [0.1, 0.15) is 22.8 Å². The van der Waals surface area contributed by atoms with Crippen LogP contribution in [0.4, 0.5) is 0 Å². The third-order valence-corrected chi connectivity index (χ3v) is 2.61. The van der Waals surface area contributed by atoms with E-state index in [1.54, 1.807) is 12.1 Å². The minimum absolute atomic E-state index is 0.0730. The molecule has 1 rings (SSSR count). The number of benzene rings is 1. The normalized spacial score (nSPS) is 9.86. The van der Waals surface area contributed by atoms with E-state index in [0.29, 0.717) is 9.99 Å². The van der Waals surface area contributed by atoms with Crippen molar-refractivity contribution in [3.63, 3.8) is 0 Å². The van der Waals surface area contributed by atoms with Gasteiger partial charge in [-0.05, 0) is 47.2 Å². The predicted octanol–water partition coefficient (Wildman–Crippen LogP) is 2.12. The Morgan fingerprint density at radius 3 is 2.50 bits per heavy atom. The van der Waals surface area contributed by atoms with Crippen LogP contribution < -0.4 is 0 Å². The summed E-state index contributed by atoms with van der Waals surface area (Å²) in [6.07, 6.45) is 0.357. The molecule has 1 aromatic carbocycles. The first-order valence-corrected chi connectivity index (χ1v) is 5.09. The van der Waals surface area contributed by atoms with Crippen molar-refractivity contribution in [3.8, 4) is 0 Å². The summed E-state index contributed by atoms with van der Waals surface area (Å²) in [6, 6.07) is 4.93. The lowest BCUT2D eigenvalue weighted by molar-refractivity contribution is -0.116. The molecule has 14 heavy (non-hydrogen) atoms. The van der Waals surface area contributed by atoms with Crippen LogP contribution in [0.2, 0.25) is 0 Å². The average molecular weight is 304 g/mol. The van der Waals surface area contributed by atoms with Crippen LogP contribution in [-0.2, 0) is 11.2 Å². The van der Waals surface area contributed by atoms with Crippen molar-refractivity contribution in [2.75, 3.05) is 0 Å². The number of carbonyl (C=O) groups is 2. The molecule has 0 aliphatic heterocycles. The average Bonchev–Trinajstić information content (AvgIpc) is 2.01. The van der Waals surface area contributed by atoms with Gasteiger partial charge in [0.15, 0.2) is 0 Å². The Kier molecular flexibility index (Phi) is 3.62. The van der Waals surface area contributed by atoms with Crippen LogP contribution in [0.25, 0.3) is 0 Å². The molecule has 0 bridgehead atoms. The lowest BCUT2D eigenvalue weighted by atomic mass is 10.1. The topological polar surface area (TPSA) is 54.4 Å². The molecule has 0 saturated carbocycles. The summed E-state index contributed by atoms with van der Waals surface area (Å²) in [5.74, 6) is -0.868. The Balaban J connectivity index is 3.00. The summed E-state index contributed by atoms with van der Waals surface area (Å²) in [5, 5.41) is 8.77. The third-order valence-electron chi connectivity index (χ3n) is 1.72. The quantitative estimate of drug-likeness (QED) is 0.870. The highest BCUT2D eigenvalue weighted by atomic mass is 127. The largest absolute Gasteiger partial charge is 0.478 e. The van der Waals surface area contributed by atoms with Gasteiger partial charge in [-0.3, -0.25) is 4.79 Å². The molecule has 0 radical (unpaired) electrons. The fraction of sp³-hybridized carbons (Fsp3) is 0.200. The predicted molar refractivity (Wildman–Crippen MR) is 60.5 cm³/mol. The zero-order valence-electron chi connectivity index (χ0n) is 7.58. The van der Waals surface area contributed by atoms with E-state index in [9.17, 15) is 9.59 Å². The molecule has 0 fully saturated rings. The van der Waals surface area contributed by atoms with Crippen LogP contribution in [0.15, 0.2) is 18.2 Å². The van der Waals surface area contributed by atoms with Crippen LogP contribution >= 0.6 is 22.6 Å². The lowest BCUT2D eigenvalue weighted by Crippen LogP contribution is -2.02. The van der Waals surface area contributed by atoms with Crippen LogP contribution in [0, 0.1) is 3.57 Å². The van der Waals surface area contributed by atoms with Crippen LogP contribution in [0.5, 0.6) is 0 Å². The number of hydrogen-bond donors (Lipinski definition) is 1. The van der Waals surface area contributed by atoms with Crippen LogP contribution in [0.3, 0.4) is 0 Å². The maximum Gasteiger partial charge on any atom is 0.336 e. The van der Waals surface area contributed by atoms with Crippen molar-refractivity contribution in [1.29, 1.82) is 0 Å². The first-order valence-electron chi connectivity index (χ1n) is 4.02. The standard InChI is InChI=1S/C10H9IO3/c1-6(12)4-7-2-3-8(10(13)14)9(11)5-7/h2-3,5H,4H2,1H3,(H,13,14). The first kappa shape index (κ1) is 11.2. The summed E-state index contributed by atoms with van der Waals surface area (Å²) in [7, 11) is 0. The highest BCUT2D eigenvalue weighted by molar-refractivity contribution is 14.1. The van der Waals surface area contributed by atoms with Crippen molar-refractivity contribution >= 4 is 34.3 Å². The van der Waals surface area contributed by atoms with Gasteiger partial charge in [0, 0.05) is 9.99 Å². The third kappa shape index (κ3) is 2.80. The number of Topliss-reactive ketones (excluding diaryl/α,β-unsaturated/α-hetero) is 1. The molecule has 0 aromatic heterocycles. The second kappa shape index (κ2) is 4.54. The minimum Gasteiger partial charge on any atom is -0.478 e. The molecule has 1 aromatic rings. The Bertz CT molecular complexity index is 385. The molecular weight excluding hydrogens is 295 g/mol. The van der Waals surface area contributed by atoms with Gasteiger partial charge in [-0.1, -0.05) is 6.07 Å². The van der Waals surface area contributed by atoms with E-state index in [0.717, 1.165) is 5.56 Å². The van der Waals surface area contributed by atoms with Crippen molar-refractivity contribution < 1.29 is 14.7 Å². The van der Waals surface area contributed by atoms with Gasteiger partial charge in [0.1, 0.15) is 5.78 Å².